The van der Waals surface area contributed by atoms with Gasteiger partial charge in [0.2, 0.25) is 0 Å². The average Bonchev–Trinajstić information content (AvgIpc) is 2.98. The summed E-state index contributed by atoms with van der Waals surface area (Å²) >= 11 is 1.25. The fourth-order valence-electron chi connectivity index (χ4n) is 2.68. The van der Waals surface area contributed by atoms with Crippen LogP contribution >= 0.6 is 11.3 Å². The zero-order valence-corrected chi connectivity index (χ0v) is 13.0. The lowest BCUT2D eigenvalue weighted by molar-refractivity contribution is 0.0975. The van der Waals surface area contributed by atoms with E-state index in [9.17, 15) is 9.59 Å². The quantitative estimate of drug-likeness (QED) is 0.784. The molecule has 1 amide bonds. The number of para-hydroxylation sites is 1. The van der Waals surface area contributed by atoms with Gasteiger partial charge < -0.3 is 0 Å². The van der Waals surface area contributed by atoms with Crippen LogP contribution in [0.5, 0.6) is 0 Å². The summed E-state index contributed by atoms with van der Waals surface area (Å²) < 4.78 is 0. The number of thiazole rings is 1. The first kappa shape index (κ1) is 14.0. The largest absolute Gasteiger partial charge is 0.296 e. The van der Waals surface area contributed by atoms with Crippen LogP contribution in [0.3, 0.4) is 0 Å². The Morgan fingerprint density at radius 2 is 1.96 bits per heavy atom. The standard InChI is InChI=1S/C17H13N3O2S/c21-14-7-3-6-12-15(14)23-17(19-12)20-16(22)13-9-8-10-4-1-2-5-11(10)18-13/h1-2,4-5,8-9H,3,6-7H2,(H,19,20,22). The van der Waals surface area contributed by atoms with Gasteiger partial charge in [-0.2, -0.15) is 0 Å². The van der Waals surface area contributed by atoms with E-state index >= 15 is 0 Å². The Balaban J connectivity index is 1.60. The lowest BCUT2D eigenvalue weighted by Gasteiger charge is -2.05. The average molecular weight is 323 g/mol. The number of anilines is 1. The second kappa shape index (κ2) is 5.55. The van der Waals surface area contributed by atoms with Crippen molar-refractivity contribution in [3.63, 3.8) is 0 Å². The molecule has 0 fully saturated rings. The molecule has 0 radical (unpaired) electrons. The summed E-state index contributed by atoms with van der Waals surface area (Å²) in [7, 11) is 0. The van der Waals surface area contributed by atoms with Crippen molar-refractivity contribution >= 4 is 39.1 Å². The number of nitrogens with zero attached hydrogens (tertiary/aromatic N) is 2. The third kappa shape index (κ3) is 2.61. The molecule has 1 N–H and O–H groups in total. The fourth-order valence-corrected chi connectivity index (χ4v) is 3.65. The number of fused-ring (bicyclic) bond motifs is 2. The number of benzene rings is 1. The van der Waals surface area contributed by atoms with E-state index in [1.807, 2.05) is 30.3 Å². The van der Waals surface area contributed by atoms with Crippen LogP contribution < -0.4 is 5.32 Å². The molecule has 1 aliphatic rings. The number of nitrogens with one attached hydrogen (secondary N) is 1. The number of ketones is 1. The number of aryl methyl sites for hydroxylation is 1. The van der Waals surface area contributed by atoms with Crippen molar-refractivity contribution in [1.29, 1.82) is 0 Å². The van der Waals surface area contributed by atoms with E-state index in [2.05, 4.69) is 15.3 Å². The van der Waals surface area contributed by atoms with Gasteiger partial charge in [-0.3, -0.25) is 14.9 Å². The topological polar surface area (TPSA) is 72.0 Å². The van der Waals surface area contributed by atoms with E-state index in [1.165, 1.54) is 11.3 Å². The van der Waals surface area contributed by atoms with Crippen molar-refractivity contribution in [2.24, 2.45) is 0 Å². The Kier molecular flexibility index (Phi) is 3.38. The zero-order chi connectivity index (χ0) is 15.8. The van der Waals surface area contributed by atoms with E-state index in [1.54, 1.807) is 6.07 Å². The molecule has 0 saturated heterocycles. The van der Waals surface area contributed by atoms with Crippen LogP contribution in [0, 0.1) is 0 Å². The highest BCUT2D eigenvalue weighted by molar-refractivity contribution is 7.17. The summed E-state index contributed by atoms with van der Waals surface area (Å²) in [6, 6.07) is 11.2. The molecule has 114 valence electrons. The van der Waals surface area contributed by atoms with Gasteiger partial charge in [-0.05, 0) is 25.0 Å². The van der Waals surface area contributed by atoms with Gasteiger partial charge in [-0.1, -0.05) is 35.6 Å². The molecule has 23 heavy (non-hydrogen) atoms. The molecule has 0 bridgehead atoms. The van der Waals surface area contributed by atoms with Gasteiger partial charge in [-0.25, -0.2) is 9.97 Å². The van der Waals surface area contributed by atoms with Crippen molar-refractivity contribution in [1.82, 2.24) is 9.97 Å². The van der Waals surface area contributed by atoms with Crippen molar-refractivity contribution < 1.29 is 9.59 Å². The smallest absolute Gasteiger partial charge is 0.276 e. The first-order valence-electron chi connectivity index (χ1n) is 7.41. The minimum Gasteiger partial charge on any atom is -0.296 e. The molecule has 2 heterocycles. The van der Waals surface area contributed by atoms with E-state index in [0.717, 1.165) is 29.4 Å². The lowest BCUT2D eigenvalue weighted by atomic mass is 10.0. The van der Waals surface area contributed by atoms with Crippen LogP contribution in [0.2, 0.25) is 0 Å². The number of carbonyl (C=O) groups excluding carboxylic acids is 2. The van der Waals surface area contributed by atoms with Gasteiger partial charge in [-0.15, -0.1) is 0 Å². The number of amides is 1. The van der Waals surface area contributed by atoms with Crippen LogP contribution in [-0.2, 0) is 6.42 Å². The van der Waals surface area contributed by atoms with Crippen LogP contribution in [0.15, 0.2) is 36.4 Å². The van der Waals surface area contributed by atoms with Crippen LogP contribution in [0.1, 0.15) is 38.7 Å². The Morgan fingerprint density at radius 3 is 2.83 bits per heavy atom. The monoisotopic (exact) mass is 323 g/mol. The predicted octanol–water partition coefficient (Wildman–Crippen LogP) is 3.46. The van der Waals surface area contributed by atoms with Crippen molar-refractivity contribution in [3.05, 3.63) is 52.7 Å². The lowest BCUT2D eigenvalue weighted by Crippen LogP contribution is -2.13. The molecule has 5 nitrogen and oxygen atoms in total. The van der Waals surface area contributed by atoms with Gasteiger partial charge >= 0.3 is 0 Å². The third-order valence-electron chi connectivity index (χ3n) is 3.82. The molecule has 6 heteroatoms. The highest BCUT2D eigenvalue weighted by Gasteiger charge is 2.23. The number of carbonyl (C=O) groups is 2. The molecule has 0 unspecified atom stereocenters. The van der Waals surface area contributed by atoms with Gasteiger partial charge in [0, 0.05) is 11.8 Å². The second-order valence-corrected chi connectivity index (χ2v) is 6.41. The Morgan fingerprint density at radius 1 is 1.09 bits per heavy atom. The number of hydrogen-bond donors (Lipinski definition) is 1. The third-order valence-corrected chi connectivity index (χ3v) is 4.87. The van der Waals surface area contributed by atoms with Gasteiger partial charge in [0.1, 0.15) is 5.69 Å². The van der Waals surface area contributed by atoms with Crippen molar-refractivity contribution in [3.8, 4) is 0 Å². The molecule has 3 aromatic rings. The molecular formula is C17H13N3O2S. The summed E-state index contributed by atoms with van der Waals surface area (Å²) in [5, 5.41) is 4.20. The minimum atomic E-state index is -0.311. The molecule has 1 aliphatic carbocycles. The minimum absolute atomic E-state index is 0.119. The Labute approximate surface area is 136 Å². The summed E-state index contributed by atoms with van der Waals surface area (Å²) in [6.07, 6.45) is 2.19. The maximum absolute atomic E-state index is 12.4. The van der Waals surface area contributed by atoms with Gasteiger partial charge in [0.15, 0.2) is 10.9 Å². The maximum atomic E-state index is 12.4. The fraction of sp³-hybridized carbons (Fsp3) is 0.176. The molecule has 0 spiro atoms. The van der Waals surface area contributed by atoms with Gasteiger partial charge in [0.25, 0.3) is 5.91 Å². The van der Waals surface area contributed by atoms with E-state index in [0.29, 0.717) is 22.1 Å². The number of rotatable bonds is 2. The predicted molar refractivity (Wildman–Crippen MR) is 89.1 cm³/mol. The second-order valence-electron chi connectivity index (χ2n) is 5.41. The summed E-state index contributed by atoms with van der Waals surface area (Å²) in [5.41, 5.74) is 1.91. The number of Topliss-reactive ketones (excluding diaryl/α,β-unsaturated/α-hetero) is 1. The van der Waals surface area contributed by atoms with E-state index in [-0.39, 0.29) is 11.7 Å². The first-order chi connectivity index (χ1) is 11.2. The van der Waals surface area contributed by atoms with Crippen LogP contribution in [0.4, 0.5) is 5.13 Å². The van der Waals surface area contributed by atoms with Crippen molar-refractivity contribution in [2.75, 3.05) is 5.32 Å². The Bertz CT molecular complexity index is 932. The number of pyridine rings is 1. The summed E-state index contributed by atoms with van der Waals surface area (Å²) in [5.74, 6) is -0.192. The number of hydrogen-bond acceptors (Lipinski definition) is 5. The van der Waals surface area contributed by atoms with Crippen molar-refractivity contribution in [2.45, 2.75) is 19.3 Å². The molecule has 1 aromatic carbocycles. The summed E-state index contributed by atoms with van der Waals surface area (Å²) in [4.78, 5) is 33.6. The SMILES string of the molecule is O=C(Nc1nc2c(s1)C(=O)CCC2)c1ccc2ccccc2n1. The van der Waals surface area contributed by atoms with Gasteiger partial charge in [0.05, 0.1) is 16.1 Å². The Hall–Kier alpha value is -2.60. The van der Waals surface area contributed by atoms with Crippen LogP contribution in [0.25, 0.3) is 10.9 Å². The molecule has 4 rings (SSSR count). The molecule has 0 atom stereocenters. The normalized spacial score (nSPS) is 13.8. The number of aromatic nitrogens is 2. The highest BCUT2D eigenvalue weighted by Crippen LogP contribution is 2.29. The van der Waals surface area contributed by atoms with E-state index < -0.39 is 0 Å². The maximum Gasteiger partial charge on any atom is 0.276 e. The van der Waals surface area contributed by atoms with Crippen LogP contribution in [-0.4, -0.2) is 21.7 Å². The molecule has 0 saturated carbocycles. The first-order valence-corrected chi connectivity index (χ1v) is 8.22. The molecule has 0 aliphatic heterocycles. The van der Waals surface area contributed by atoms with E-state index in [4.69, 9.17) is 0 Å². The zero-order valence-electron chi connectivity index (χ0n) is 12.2. The summed E-state index contributed by atoms with van der Waals surface area (Å²) in [6.45, 7) is 0. The highest BCUT2D eigenvalue weighted by atomic mass is 32.1. The molecular weight excluding hydrogens is 310 g/mol. The molecule has 2 aromatic heterocycles.